The van der Waals surface area contributed by atoms with Crippen LogP contribution in [0.5, 0.6) is 0 Å². The molecule has 2 aromatic rings. The quantitative estimate of drug-likeness (QED) is 0.864. The molecule has 0 amide bonds. The van der Waals surface area contributed by atoms with Crippen LogP contribution in [0.2, 0.25) is 5.02 Å². The van der Waals surface area contributed by atoms with Crippen LogP contribution in [-0.4, -0.2) is 25.8 Å². The molecule has 110 valence electrons. The molecule has 0 radical (unpaired) electrons. The van der Waals surface area contributed by atoms with E-state index in [2.05, 4.69) is 10.2 Å². The van der Waals surface area contributed by atoms with Crippen molar-refractivity contribution >= 4 is 29.1 Å². The predicted octanol–water partition coefficient (Wildman–Crippen LogP) is 3.74. The first-order valence-corrected chi connectivity index (χ1v) is 8.25. The predicted molar refractivity (Wildman–Crippen MR) is 84.6 cm³/mol. The lowest BCUT2D eigenvalue weighted by Gasteiger charge is -2.19. The summed E-state index contributed by atoms with van der Waals surface area (Å²) in [6.07, 6.45) is 3.77. The average Bonchev–Trinajstić information content (AvgIpc) is 2.84. The second-order valence-corrected chi connectivity index (χ2v) is 6.80. The summed E-state index contributed by atoms with van der Waals surface area (Å²) < 4.78 is 1.94. The summed E-state index contributed by atoms with van der Waals surface area (Å²) in [4.78, 5) is 11.9. The number of hydrogen-bond donors (Lipinski definition) is 0. The van der Waals surface area contributed by atoms with E-state index in [1.807, 2.05) is 35.9 Å². The van der Waals surface area contributed by atoms with Gasteiger partial charge in [-0.2, -0.15) is 0 Å². The first-order valence-electron chi connectivity index (χ1n) is 7.00. The first kappa shape index (κ1) is 14.6. The van der Waals surface area contributed by atoms with Crippen molar-refractivity contribution in [3.8, 4) is 11.4 Å². The Labute approximate surface area is 132 Å². The van der Waals surface area contributed by atoms with Crippen LogP contribution in [0.3, 0.4) is 0 Å². The normalized spacial score (nSPS) is 19.0. The fraction of sp³-hybridized carbons (Fsp3) is 0.400. The van der Waals surface area contributed by atoms with Crippen LogP contribution in [0.1, 0.15) is 25.7 Å². The van der Waals surface area contributed by atoms with E-state index in [9.17, 15) is 4.79 Å². The molecule has 6 heteroatoms. The van der Waals surface area contributed by atoms with Crippen LogP contribution >= 0.6 is 23.4 Å². The Morgan fingerprint density at radius 1 is 1.24 bits per heavy atom. The van der Waals surface area contributed by atoms with Crippen molar-refractivity contribution in [3.63, 3.8) is 0 Å². The van der Waals surface area contributed by atoms with Crippen molar-refractivity contribution in [1.29, 1.82) is 0 Å². The Morgan fingerprint density at radius 3 is 2.71 bits per heavy atom. The monoisotopic (exact) mass is 321 g/mol. The van der Waals surface area contributed by atoms with E-state index in [0.717, 1.165) is 35.8 Å². The Bertz CT molecular complexity index is 653. The topological polar surface area (TPSA) is 47.8 Å². The summed E-state index contributed by atoms with van der Waals surface area (Å²) in [6, 6.07) is 7.52. The SMILES string of the molecule is Cn1c(S[C@@H]2CCCCC2=O)nnc1-c1ccc(Cl)cc1. The Balaban J connectivity index is 1.82. The number of Topliss-reactive ketones (excluding diaryl/α,β-unsaturated/α-hetero) is 1. The van der Waals surface area contributed by atoms with Crippen molar-refractivity contribution in [2.45, 2.75) is 36.1 Å². The highest BCUT2D eigenvalue weighted by atomic mass is 35.5. The molecule has 1 aromatic carbocycles. The van der Waals surface area contributed by atoms with Gasteiger partial charge in [0.25, 0.3) is 0 Å². The van der Waals surface area contributed by atoms with Crippen molar-refractivity contribution in [1.82, 2.24) is 14.8 Å². The van der Waals surface area contributed by atoms with Crippen LogP contribution in [0.25, 0.3) is 11.4 Å². The highest BCUT2D eigenvalue weighted by Gasteiger charge is 2.25. The number of nitrogens with zero attached hydrogens (tertiary/aromatic N) is 3. The van der Waals surface area contributed by atoms with Crippen LogP contribution in [0.15, 0.2) is 29.4 Å². The molecule has 3 rings (SSSR count). The first-order chi connectivity index (χ1) is 10.1. The summed E-state index contributed by atoms with van der Waals surface area (Å²) in [6.45, 7) is 0. The number of rotatable bonds is 3. The van der Waals surface area contributed by atoms with Gasteiger partial charge in [-0.05, 0) is 37.1 Å². The number of thioether (sulfide) groups is 1. The molecule has 0 aliphatic heterocycles. The second-order valence-electron chi connectivity index (χ2n) is 5.19. The summed E-state index contributed by atoms with van der Waals surface area (Å²) in [5.74, 6) is 1.12. The summed E-state index contributed by atoms with van der Waals surface area (Å²) in [5.41, 5.74) is 0.969. The molecular formula is C15H16ClN3OS. The zero-order chi connectivity index (χ0) is 14.8. The Hall–Kier alpha value is -1.33. The van der Waals surface area contributed by atoms with Crippen molar-refractivity contribution in [2.75, 3.05) is 0 Å². The zero-order valence-corrected chi connectivity index (χ0v) is 13.3. The molecule has 1 aliphatic rings. The summed E-state index contributed by atoms with van der Waals surface area (Å²) >= 11 is 7.44. The number of benzene rings is 1. The lowest BCUT2D eigenvalue weighted by molar-refractivity contribution is -0.119. The van der Waals surface area contributed by atoms with Gasteiger partial charge in [0.1, 0.15) is 5.78 Å². The van der Waals surface area contributed by atoms with E-state index in [1.54, 1.807) is 0 Å². The molecular weight excluding hydrogens is 306 g/mol. The van der Waals surface area contributed by atoms with Gasteiger partial charge in [-0.15, -0.1) is 10.2 Å². The van der Waals surface area contributed by atoms with E-state index in [-0.39, 0.29) is 5.25 Å². The third kappa shape index (κ3) is 3.14. The molecule has 0 unspecified atom stereocenters. The molecule has 0 bridgehead atoms. The minimum atomic E-state index is 0.0275. The lowest BCUT2D eigenvalue weighted by Crippen LogP contribution is -2.21. The van der Waals surface area contributed by atoms with Crippen molar-refractivity contribution in [3.05, 3.63) is 29.3 Å². The smallest absolute Gasteiger partial charge is 0.191 e. The van der Waals surface area contributed by atoms with Crippen LogP contribution in [-0.2, 0) is 11.8 Å². The molecule has 1 fully saturated rings. The maximum atomic E-state index is 11.9. The molecule has 1 aromatic heterocycles. The maximum Gasteiger partial charge on any atom is 0.191 e. The zero-order valence-electron chi connectivity index (χ0n) is 11.8. The maximum absolute atomic E-state index is 11.9. The minimum Gasteiger partial charge on any atom is -0.305 e. The number of carbonyl (C=O) groups excluding carboxylic acids is 1. The fourth-order valence-electron chi connectivity index (χ4n) is 2.47. The van der Waals surface area contributed by atoms with E-state index >= 15 is 0 Å². The van der Waals surface area contributed by atoms with Gasteiger partial charge >= 0.3 is 0 Å². The molecule has 1 saturated carbocycles. The molecule has 1 atom stereocenters. The van der Waals surface area contributed by atoms with Gasteiger partial charge in [0.05, 0.1) is 5.25 Å². The lowest BCUT2D eigenvalue weighted by atomic mass is 9.99. The fourth-order valence-corrected chi connectivity index (χ4v) is 3.72. The second kappa shape index (κ2) is 6.20. The molecule has 0 saturated heterocycles. The van der Waals surface area contributed by atoms with E-state index in [1.165, 1.54) is 11.8 Å². The molecule has 4 nitrogen and oxygen atoms in total. The van der Waals surface area contributed by atoms with Crippen molar-refractivity contribution < 1.29 is 4.79 Å². The third-order valence-corrected chi connectivity index (χ3v) is 5.29. The Morgan fingerprint density at radius 2 is 2.00 bits per heavy atom. The largest absolute Gasteiger partial charge is 0.305 e. The van der Waals surface area contributed by atoms with Gasteiger partial charge in [-0.25, -0.2) is 0 Å². The van der Waals surface area contributed by atoms with Gasteiger partial charge in [0, 0.05) is 24.1 Å². The van der Waals surface area contributed by atoms with Gasteiger partial charge in [-0.1, -0.05) is 29.8 Å². The van der Waals surface area contributed by atoms with E-state index in [4.69, 9.17) is 11.6 Å². The van der Waals surface area contributed by atoms with Gasteiger partial charge in [0.2, 0.25) is 0 Å². The third-order valence-electron chi connectivity index (χ3n) is 3.68. The number of halogens is 1. The number of hydrogen-bond acceptors (Lipinski definition) is 4. The highest BCUT2D eigenvalue weighted by Crippen LogP contribution is 2.32. The Kier molecular flexibility index (Phi) is 4.31. The molecule has 1 heterocycles. The van der Waals surface area contributed by atoms with Gasteiger partial charge < -0.3 is 4.57 Å². The number of carbonyl (C=O) groups is 1. The van der Waals surface area contributed by atoms with E-state index in [0.29, 0.717) is 17.2 Å². The van der Waals surface area contributed by atoms with Crippen LogP contribution in [0.4, 0.5) is 0 Å². The standard InChI is InChI=1S/C15H16ClN3OS/c1-19-14(10-6-8-11(16)9-7-10)17-18-15(19)21-13-5-3-2-4-12(13)20/h6-9,13H,2-5H2,1H3/t13-/m1/s1. The average molecular weight is 322 g/mol. The minimum absolute atomic E-state index is 0.0275. The molecule has 21 heavy (non-hydrogen) atoms. The van der Waals surface area contributed by atoms with Crippen molar-refractivity contribution in [2.24, 2.45) is 7.05 Å². The summed E-state index contributed by atoms with van der Waals surface area (Å²) in [7, 11) is 1.93. The highest BCUT2D eigenvalue weighted by molar-refractivity contribution is 8.00. The van der Waals surface area contributed by atoms with Gasteiger partial charge in [0.15, 0.2) is 11.0 Å². The van der Waals surface area contributed by atoms with Crippen LogP contribution < -0.4 is 0 Å². The molecule has 0 spiro atoms. The molecule has 1 aliphatic carbocycles. The van der Waals surface area contributed by atoms with E-state index < -0.39 is 0 Å². The summed E-state index contributed by atoms with van der Waals surface area (Å²) in [5, 5.41) is 9.99. The van der Waals surface area contributed by atoms with Crippen LogP contribution in [0, 0.1) is 0 Å². The number of aromatic nitrogens is 3. The molecule has 0 N–H and O–H groups in total. The number of ketones is 1. The van der Waals surface area contributed by atoms with Gasteiger partial charge in [-0.3, -0.25) is 4.79 Å².